The average molecular weight is 219 g/mol. The maximum atomic E-state index is 5.74. The molecule has 1 aliphatic carbocycles. The van der Waals surface area contributed by atoms with E-state index < -0.39 is 0 Å². The molecule has 0 radical (unpaired) electrons. The summed E-state index contributed by atoms with van der Waals surface area (Å²) < 4.78 is 5.34. The molecule has 2 aliphatic rings. The largest absolute Gasteiger partial charge is 0.493 e. The molecular weight excluding hydrogens is 202 g/mol. The van der Waals surface area contributed by atoms with Crippen molar-refractivity contribution < 1.29 is 4.74 Å². The maximum Gasteiger partial charge on any atom is 0.173 e. The van der Waals surface area contributed by atoms with Gasteiger partial charge in [-0.2, -0.15) is 0 Å². The standard InChI is InChI=1S/C12H17N3O/c1-16-9-2-3-10(13)14-11(9)15-7-6-12(8-15)4-5-12/h2-3H,4-8H2,1H3,(H2,13,14). The van der Waals surface area contributed by atoms with Gasteiger partial charge in [0.1, 0.15) is 5.82 Å². The maximum absolute atomic E-state index is 5.74. The Morgan fingerprint density at radius 3 is 2.81 bits per heavy atom. The van der Waals surface area contributed by atoms with Gasteiger partial charge in [-0.3, -0.25) is 0 Å². The third-order valence-corrected chi connectivity index (χ3v) is 3.78. The number of anilines is 2. The molecule has 0 aromatic carbocycles. The zero-order valence-electron chi connectivity index (χ0n) is 9.57. The summed E-state index contributed by atoms with van der Waals surface area (Å²) >= 11 is 0. The number of nitrogens with two attached hydrogens (primary N) is 1. The van der Waals surface area contributed by atoms with Crippen LogP contribution in [0.5, 0.6) is 5.75 Å². The number of nitrogen functional groups attached to an aromatic ring is 1. The summed E-state index contributed by atoms with van der Waals surface area (Å²) in [6.07, 6.45) is 4.02. The van der Waals surface area contributed by atoms with Gasteiger partial charge in [0.05, 0.1) is 7.11 Å². The average Bonchev–Trinajstić information content (AvgIpc) is 2.89. The van der Waals surface area contributed by atoms with E-state index in [-0.39, 0.29) is 0 Å². The molecule has 3 rings (SSSR count). The van der Waals surface area contributed by atoms with Gasteiger partial charge in [-0.25, -0.2) is 4.98 Å². The summed E-state index contributed by atoms with van der Waals surface area (Å²) in [5, 5.41) is 0. The van der Waals surface area contributed by atoms with Crippen LogP contribution in [-0.4, -0.2) is 25.2 Å². The summed E-state index contributed by atoms with van der Waals surface area (Å²) in [4.78, 5) is 6.71. The van der Waals surface area contributed by atoms with Crippen LogP contribution in [0.4, 0.5) is 11.6 Å². The highest BCUT2D eigenvalue weighted by Gasteiger charge is 2.48. The molecule has 16 heavy (non-hydrogen) atoms. The number of aromatic nitrogens is 1. The third kappa shape index (κ3) is 1.49. The number of hydrogen-bond donors (Lipinski definition) is 1. The lowest BCUT2D eigenvalue weighted by atomic mass is 10.1. The van der Waals surface area contributed by atoms with Gasteiger partial charge < -0.3 is 15.4 Å². The van der Waals surface area contributed by atoms with Crippen molar-refractivity contribution in [2.24, 2.45) is 5.41 Å². The number of rotatable bonds is 2. The Bertz CT molecular complexity index is 415. The van der Waals surface area contributed by atoms with Gasteiger partial charge in [0.15, 0.2) is 11.6 Å². The quantitative estimate of drug-likeness (QED) is 0.822. The van der Waals surface area contributed by atoms with Gasteiger partial charge in [-0.1, -0.05) is 0 Å². The molecule has 1 saturated carbocycles. The van der Waals surface area contributed by atoms with E-state index in [1.807, 2.05) is 6.07 Å². The lowest BCUT2D eigenvalue weighted by Gasteiger charge is -2.20. The number of nitrogens with zero attached hydrogens (tertiary/aromatic N) is 2. The van der Waals surface area contributed by atoms with Crippen molar-refractivity contribution in [2.75, 3.05) is 30.8 Å². The van der Waals surface area contributed by atoms with Gasteiger partial charge >= 0.3 is 0 Å². The van der Waals surface area contributed by atoms with Crippen molar-refractivity contribution in [2.45, 2.75) is 19.3 Å². The number of pyridine rings is 1. The first-order valence-electron chi connectivity index (χ1n) is 5.78. The Kier molecular flexibility index (Phi) is 1.99. The molecule has 1 aromatic rings. The molecule has 4 nitrogen and oxygen atoms in total. The molecule has 2 heterocycles. The van der Waals surface area contributed by atoms with Crippen LogP contribution in [0, 0.1) is 5.41 Å². The van der Waals surface area contributed by atoms with Gasteiger partial charge in [-0.05, 0) is 36.8 Å². The fourth-order valence-electron chi connectivity index (χ4n) is 2.54. The normalized spacial score (nSPS) is 21.4. The number of hydrogen-bond acceptors (Lipinski definition) is 4. The van der Waals surface area contributed by atoms with Crippen molar-refractivity contribution in [1.29, 1.82) is 0 Å². The van der Waals surface area contributed by atoms with Crippen LogP contribution in [0.25, 0.3) is 0 Å². The Labute approximate surface area is 95.4 Å². The highest BCUT2D eigenvalue weighted by Crippen LogP contribution is 2.53. The van der Waals surface area contributed by atoms with E-state index >= 15 is 0 Å². The second-order valence-electron chi connectivity index (χ2n) is 4.93. The van der Waals surface area contributed by atoms with Crippen molar-refractivity contribution in [3.8, 4) is 5.75 Å². The van der Waals surface area contributed by atoms with E-state index in [1.54, 1.807) is 13.2 Å². The zero-order chi connectivity index (χ0) is 11.2. The summed E-state index contributed by atoms with van der Waals surface area (Å²) in [7, 11) is 1.68. The molecular formula is C12H17N3O. The highest BCUT2D eigenvalue weighted by molar-refractivity contribution is 5.57. The molecule has 2 N–H and O–H groups in total. The molecule has 86 valence electrons. The smallest absolute Gasteiger partial charge is 0.173 e. The van der Waals surface area contributed by atoms with Crippen LogP contribution < -0.4 is 15.4 Å². The molecule has 0 unspecified atom stereocenters. The SMILES string of the molecule is COc1ccc(N)nc1N1CCC2(CC2)C1. The second kappa shape index (κ2) is 3.27. The Balaban J connectivity index is 1.90. The number of ether oxygens (including phenoxy) is 1. The summed E-state index contributed by atoms with van der Waals surface area (Å²) in [6, 6.07) is 3.68. The molecule has 1 saturated heterocycles. The van der Waals surface area contributed by atoms with Crippen molar-refractivity contribution in [3.05, 3.63) is 12.1 Å². The summed E-state index contributed by atoms with van der Waals surface area (Å²) in [5.74, 6) is 2.30. The van der Waals surface area contributed by atoms with Crippen LogP contribution in [0.15, 0.2) is 12.1 Å². The van der Waals surface area contributed by atoms with Crippen molar-refractivity contribution in [3.63, 3.8) is 0 Å². The van der Waals surface area contributed by atoms with E-state index in [0.717, 1.165) is 24.7 Å². The van der Waals surface area contributed by atoms with Crippen LogP contribution in [0.1, 0.15) is 19.3 Å². The molecule has 4 heteroatoms. The molecule has 1 aromatic heterocycles. The molecule has 1 spiro atoms. The summed E-state index contributed by atoms with van der Waals surface area (Å²) in [6.45, 7) is 2.19. The van der Waals surface area contributed by atoms with Crippen LogP contribution >= 0.6 is 0 Å². The Hall–Kier alpha value is -1.45. The topological polar surface area (TPSA) is 51.4 Å². The molecule has 1 aliphatic heterocycles. The Morgan fingerprint density at radius 1 is 1.38 bits per heavy atom. The van der Waals surface area contributed by atoms with Gasteiger partial charge in [0, 0.05) is 13.1 Å². The van der Waals surface area contributed by atoms with E-state index in [1.165, 1.54) is 19.3 Å². The molecule has 2 fully saturated rings. The van der Waals surface area contributed by atoms with Gasteiger partial charge in [0.2, 0.25) is 0 Å². The minimum atomic E-state index is 0.563. The minimum Gasteiger partial charge on any atom is -0.493 e. The third-order valence-electron chi connectivity index (χ3n) is 3.78. The van der Waals surface area contributed by atoms with Gasteiger partial charge in [0.25, 0.3) is 0 Å². The molecule has 0 atom stereocenters. The second-order valence-corrected chi connectivity index (χ2v) is 4.93. The van der Waals surface area contributed by atoms with Crippen LogP contribution in [-0.2, 0) is 0 Å². The molecule has 0 bridgehead atoms. The Morgan fingerprint density at radius 2 is 2.19 bits per heavy atom. The van der Waals surface area contributed by atoms with Gasteiger partial charge in [-0.15, -0.1) is 0 Å². The van der Waals surface area contributed by atoms with E-state index in [9.17, 15) is 0 Å². The van der Waals surface area contributed by atoms with E-state index in [2.05, 4.69) is 9.88 Å². The lowest BCUT2D eigenvalue weighted by molar-refractivity contribution is 0.413. The number of methoxy groups -OCH3 is 1. The minimum absolute atomic E-state index is 0.563. The monoisotopic (exact) mass is 219 g/mol. The first kappa shape index (κ1) is 9.75. The molecule has 0 amide bonds. The predicted molar refractivity (Wildman–Crippen MR) is 63.7 cm³/mol. The van der Waals surface area contributed by atoms with Crippen molar-refractivity contribution in [1.82, 2.24) is 4.98 Å². The van der Waals surface area contributed by atoms with Crippen LogP contribution in [0.2, 0.25) is 0 Å². The highest BCUT2D eigenvalue weighted by atomic mass is 16.5. The van der Waals surface area contributed by atoms with Crippen molar-refractivity contribution >= 4 is 11.6 Å². The zero-order valence-corrected chi connectivity index (χ0v) is 9.57. The van der Waals surface area contributed by atoms with E-state index in [0.29, 0.717) is 11.2 Å². The lowest BCUT2D eigenvalue weighted by Crippen LogP contribution is -2.22. The fraction of sp³-hybridized carbons (Fsp3) is 0.583. The fourth-order valence-corrected chi connectivity index (χ4v) is 2.54. The first-order valence-corrected chi connectivity index (χ1v) is 5.78. The van der Waals surface area contributed by atoms with Crippen LogP contribution in [0.3, 0.4) is 0 Å². The predicted octanol–water partition coefficient (Wildman–Crippen LogP) is 1.66. The van der Waals surface area contributed by atoms with E-state index in [4.69, 9.17) is 10.5 Å². The first-order chi connectivity index (χ1) is 7.72. The summed E-state index contributed by atoms with van der Waals surface area (Å²) in [5.41, 5.74) is 6.33.